The van der Waals surface area contributed by atoms with Gasteiger partial charge in [-0.15, -0.1) is 0 Å². The van der Waals surface area contributed by atoms with Crippen LogP contribution in [-0.2, 0) is 0 Å². The minimum atomic E-state index is 1.08. The highest BCUT2D eigenvalue weighted by atomic mass is 13.9. The van der Waals surface area contributed by atoms with Gasteiger partial charge in [-0.2, -0.15) is 0 Å². The van der Waals surface area contributed by atoms with E-state index in [9.17, 15) is 0 Å². The highest BCUT2D eigenvalue weighted by Crippen LogP contribution is 2.01. The van der Waals surface area contributed by atoms with Gasteiger partial charge in [-0.05, 0) is 38.5 Å². The number of hydrogen-bond donors (Lipinski definition) is 0. The predicted molar refractivity (Wildman–Crippen MR) is 57.5 cm³/mol. The van der Waals surface area contributed by atoms with Crippen LogP contribution in [-0.4, -0.2) is 0 Å². The number of aryl methyl sites for hydroxylation is 1. The van der Waals surface area contributed by atoms with E-state index in [1.165, 1.54) is 5.56 Å². The summed E-state index contributed by atoms with van der Waals surface area (Å²) in [6.07, 6.45) is 2.02. The average Bonchev–Trinajstić information content (AvgIpc) is 2.16. The molecule has 0 saturated heterocycles. The highest BCUT2D eigenvalue weighted by molar-refractivity contribution is 5.40. The molecule has 0 amide bonds. The minimum Gasteiger partial charge on any atom is -0.0763 e. The van der Waals surface area contributed by atoms with E-state index in [-0.39, 0.29) is 0 Å². The molecular weight excluding hydrogens is 156 g/mol. The summed E-state index contributed by atoms with van der Waals surface area (Å²) in [4.78, 5) is 0. The highest BCUT2D eigenvalue weighted by Gasteiger charge is 1.85. The van der Waals surface area contributed by atoms with Crippen molar-refractivity contribution in [3.05, 3.63) is 47.0 Å². The van der Waals surface area contributed by atoms with E-state index in [2.05, 4.69) is 30.9 Å². The van der Waals surface area contributed by atoms with Crippen LogP contribution in [0.5, 0.6) is 0 Å². The molecule has 0 spiro atoms. The van der Waals surface area contributed by atoms with Crippen LogP contribution in [0.15, 0.2) is 35.9 Å². The van der Waals surface area contributed by atoms with Gasteiger partial charge in [-0.25, -0.2) is 0 Å². The topological polar surface area (TPSA) is 0 Å². The third kappa shape index (κ3) is 3.17. The first-order valence-electron chi connectivity index (χ1n) is 4.44. The lowest BCUT2D eigenvalue weighted by molar-refractivity contribution is 1.46. The molecule has 0 heteroatoms. The summed E-state index contributed by atoms with van der Waals surface area (Å²) >= 11 is 0. The van der Waals surface area contributed by atoms with E-state index in [1.807, 2.05) is 32.1 Å². The molecular formula is C13H14. The molecule has 0 bridgehead atoms. The summed E-state index contributed by atoms with van der Waals surface area (Å²) in [7, 11) is 0. The van der Waals surface area contributed by atoms with Gasteiger partial charge < -0.3 is 0 Å². The first-order valence-corrected chi connectivity index (χ1v) is 4.44. The van der Waals surface area contributed by atoms with Crippen molar-refractivity contribution in [2.24, 2.45) is 0 Å². The Kier molecular flexibility index (Phi) is 3.34. The van der Waals surface area contributed by atoms with Crippen LogP contribution >= 0.6 is 0 Å². The van der Waals surface area contributed by atoms with E-state index in [0.717, 1.165) is 11.1 Å². The fourth-order valence-corrected chi connectivity index (χ4v) is 0.880. The number of benzene rings is 1. The Balaban J connectivity index is 2.84. The largest absolute Gasteiger partial charge is 0.0763 e. The van der Waals surface area contributed by atoms with E-state index in [1.54, 1.807) is 0 Å². The van der Waals surface area contributed by atoms with Gasteiger partial charge in [0, 0.05) is 5.56 Å². The summed E-state index contributed by atoms with van der Waals surface area (Å²) in [5, 5.41) is 0. The van der Waals surface area contributed by atoms with Crippen molar-refractivity contribution in [2.75, 3.05) is 0 Å². The Morgan fingerprint density at radius 2 is 1.85 bits per heavy atom. The molecule has 0 fully saturated rings. The van der Waals surface area contributed by atoms with Crippen molar-refractivity contribution in [2.45, 2.75) is 20.8 Å². The third-order valence-electron chi connectivity index (χ3n) is 1.89. The van der Waals surface area contributed by atoms with Crippen LogP contribution in [0.25, 0.3) is 0 Å². The maximum atomic E-state index is 3.10. The molecule has 0 heterocycles. The Morgan fingerprint density at radius 1 is 1.23 bits per heavy atom. The number of hydrogen-bond acceptors (Lipinski definition) is 0. The molecule has 66 valence electrons. The van der Waals surface area contributed by atoms with Crippen molar-refractivity contribution in [1.29, 1.82) is 0 Å². The molecule has 0 saturated carbocycles. The van der Waals surface area contributed by atoms with Crippen LogP contribution in [0, 0.1) is 18.8 Å². The first kappa shape index (κ1) is 9.61. The number of rotatable bonds is 0. The quantitative estimate of drug-likeness (QED) is 0.524. The molecule has 1 aromatic carbocycles. The van der Waals surface area contributed by atoms with E-state index in [4.69, 9.17) is 0 Å². The van der Waals surface area contributed by atoms with Gasteiger partial charge in [0.15, 0.2) is 0 Å². The van der Waals surface area contributed by atoms with Gasteiger partial charge in [-0.1, -0.05) is 35.6 Å². The smallest absolute Gasteiger partial charge is 0.0249 e. The number of allylic oxidation sites excluding steroid dienone is 2. The van der Waals surface area contributed by atoms with Gasteiger partial charge in [0.1, 0.15) is 0 Å². The van der Waals surface area contributed by atoms with Crippen molar-refractivity contribution >= 4 is 0 Å². The SMILES string of the molecule is CC=C(C)C#Cc1ccc(C)cc1. The molecule has 0 aliphatic carbocycles. The maximum Gasteiger partial charge on any atom is 0.0249 e. The van der Waals surface area contributed by atoms with Crippen LogP contribution in [0.3, 0.4) is 0 Å². The molecule has 13 heavy (non-hydrogen) atoms. The fraction of sp³-hybridized carbons (Fsp3) is 0.231. The molecule has 1 aromatic rings. The van der Waals surface area contributed by atoms with E-state index < -0.39 is 0 Å². The summed E-state index contributed by atoms with van der Waals surface area (Å²) in [5.41, 5.74) is 3.46. The van der Waals surface area contributed by atoms with Gasteiger partial charge in [0.05, 0.1) is 0 Å². The Morgan fingerprint density at radius 3 is 2.38 bits per heavy atom. The molecule has 0 radical (unpaired) electrons. The fourth-order valence-electron chi connectivity index (χ4n) is 0.880. The lowest BCUT2D eigenvalue weighted by Gasteiger charge is -1.91. The average molecular weight is 170 g/mol. The van der Waals surface area contributed by atoms with Crippen molar-refractivity contribution in [3.63, 3.8) is 0 Å². The normalized spacial score (nSPS) is 10.5. The zero-order valence-corrected chi connectivity index (χ0v) is 8.39. The van der Waals surface area contributed by atoms with Gasteiger partial charge in [0.25, 0.3) is 0 Å². The Labute approximate surface area is 80.3 Å². The molecule has 1 rings (SSSR count). The molecule has 0 nitrogen and oxygen atoms in total. The van der Waals surface area contributed by atoms with Crippen LogP contribution < -0.4 is 0 Å². The second-order valence-electron chi connectivity index (χ2n) is 3.09. The maximum absolute atomic E-state index is 3.10. The summed E-state index contributed by atoms with van der Waals surface area (Å²) in [6, 6.07) is 8.25. The lowest BCUT2D eigenvalue weighted by atomic mass is 10.1. The second-order valence-corrected chi connectivity index (χ2v) is 3.09. The van der Waals surface area contributed by atoms with E-state index in [0.29, 0.717) is 0 Å². The van der Waals surface area contributed by atoms with Crippen molar-refractivity contribution < 1.29 is 0 Å². The molecule has 0 aliphatic heterocycles. The molecule has 0 N–H and O–H groups in total. The molecule has 0 aromatic heterocycles. The van der Waals surface area contributed by atoms with Crippen LogP contribution in [0.2, 0.25) is 0 Å². The summed E-state index contributed by atoms with van der Waals surface area (Å²) in [6.45, 7) is 6.09. The van der Waals surface area contributed by atoms with Crippen LogP contribution in [0.1, 0.15) is 25.0 Å². The molecule has 0 atom stereocenters. The van der Waals surface area contributed by atoms with E-state index >= 15 is 0 Å². The van der Waals surface area contributed by atoms with Crippen LogP contribution in [0.4, 0.5) is 0 Å². The molecule has 0 aliphatic rings. The van der Waals surface area contributed by atoms with Gasteiger partial charge in [0.2, 0.25) is 0 Å². The second kappa shape index (κ2) is 4.52. The lowest BCUT2D eigenvalue weighted by Crippen LogP contribution is -1.75. The van der Waals surface area contributed by atoms with Gasteiger partial charge in [-0.3, -0.25) is 0 Å². The standard InChI is InChI=1S/C13H14/c1-4-11(2)5-8-13-9-6-12(3)7-10-13/h4,6-7,9-10H,1-3H3. The van der Waals surface area contributed by atoms with Crippen molar-refractivity contribution in [3.8, 4) is 11.8 Å². The monoisotopic (exact) mass is 170 g/mol. The summed E-state index contributed by atoms with van der Waals surface area (Å²) < 4.78 is 0. The first-order chi connectivity index (χ1) is 6.22. The minimum absolute atomic E-state index is 1.08. The van der Waals surface area contributed by atoms with Crippen molar-refractivity contribution in [1.82, 2.24) is 0 Å². The molecule has 0 unspecified atom stereocenters. The zero-order chi connectivity index (χ0) is 9.68. The predicted octanol–water partition coefficient (Wildman–Crippen LogP) is 3.31. The zero-order valence-electron chi connectivity index (χ0n) is 8.39. The summed E-state index contributed by atoms with van der Waals surface area (Å²) in [5.74, 6) is 6.18. The third-order valence-corrected chi connectivity index (χ3v) is 1.89. The Hall–Kier alpha value is -1.48. The van der Waals surface area contributed by atoms with Gasteiger partial charge >= 0.3 is 0 Å². The Bertz CT molecular complexity index is 355.